The van der Waals surface area contributed by atoms with Crippen LogP contribution in [0, 0.1) is 6.92 Å². The minimum absolute atomic E-state index is 0.0189. The number of amides is 2. The molecule has 2 rings (SSSR count). The van der Waals surface area contributed by atoms with Crippen LogP contribution >= 0.6 is 23.8 Å². The van der Waals surface area contributed by atoms with Crippen LogP contribution in [0.25, 0.3) is 0 Å². The van der Waals surface area contributed by atoms with Gasteiger partial charge in [0.05, 0.1) is 13.5 Å². The third-order valence-corrected chi connectivity index (χ3v) is 4.03. The quantitative estimate of drug-likeness (QED) is 0.490. The van der Waals surface area contributed by atoms with E-state index in [4.69, 9.17) is 33.3 Å². The van der Waals surface area contributed by atoms with Gasteiger partial charge in [-0.25, -0.2) is 0 Å². The van der Waals surface area contributed by atoms with E-state index >= 15 is 0 Å². The number of hydrogen-bond donors (Lipinski definition) is 3. The van der Waals surface area contributed by atoms with E-state index in [-0.39, 0.29) is 24.0 Å². The molecule has 28 heavy (non-hydrogen) atoms. The van der Waals surface area contributed by atoms with Crippen molar-refractivity contribution in [3.8, 4) is 11.5 Å². The van der Waals surface area contributed by atoms with Crippen molar-refractivity contribution in [1.82, 2.24) is 16.2 Å². The van der Waals surface area contributed by atoms with Gasteiger partial charge < -0.3 is 14.8 Å². The highest BCUT2D eigenvalue weighted by Crippen LogP contribution is 2.21. The van der Waals surface area contributed by atoms with Crippen molar-refractivity contribution in [2.45, 2.75) is 13.3 Å². The summed E-state index contributed by atoms with van der Waals surface area (Å²) in [5.41, 5.74) is 6.43. The van der Waals surface area contributed by atoms with E-state index in [1.54, 1.807) is 49.6 Å². The molecule has 0 fully saturated rings. The molecule has 0 atom stereocenters. The lowest BCUT2D eigenvalue weighted by Gasteiger charge is -2.12. The van der Waals surface area contributed by atoms with Gasteiger partial charge in [0.15, 0.2) is 11.7 Å². The first-order chi connectivity index (χ1) is 13.4. The Morgan fingerprint density at radius 3 is 2.43 bits per heavy atom. The van der Waals surface area contributed by atoms with Crippen molar-refractivity contribution in [2.24, 2.45) is 0 Å². The predicted molar refractivity (Wildman–Crippen MR) is 110 cm³/mol. The van der Waals surface area contributed by atoms with Gasteiger partial charge in [0.2, 0.25) is 5.91 Å². The number of aryl methyl sites for hydroxylation is 1. The Balaban J connectivity index is 1.70. The summed E-state index contributed by atoms with van der Waals surface area (Å²) in [5.74, 6) is 0.487. The molecular weight excluding hydrogens is 402 g/mol. The fourth-order valence-corrected chi connectivity index (χ4v) is 2.60. The molecule has 0 aliphatic rings. The topological polar surface area (TPSA) is 88.7 Å². The average Bonchev–Trinajstić information content (AvgIpc) is 2.66. The highest BCUT2D eigenvalue weighted by atomic mass is 35.5. The molecule has 7 nitrogen and oxygen atoms in total. The molecule has 2 aromatic carbocycles. The maximum atomic E-state index is 12.0. The minimum atomic E-state index is -0.457. The smallest absolute Gasteiger partial charge is 0.276 e. The Morgan fingerprint density at radius 2 is 1.79 bits per heavy atom. The molecule has 0 bridgehead atoms. The summed E-state index contributed by atoms with van der Waals surface area (Å²) >= 11 is 10.9. The maximum absolute atomic E-state index is 12.0. The number of carbonyl (C=O) groups is 2. The zero-order valence-corrected chi connectivity index (χ0v) is 16.9. The molecule has 0 aliphatic carbocycles. The number of halogens is 1. The fraction of sp³-hybridized carbons (Fsp3) is 0.211. The van der Waals surface area contributed by atoms with Crippen LogP contribution in [0.5, 0.6) is 11.5 Å². The number of hydrazine groups is 1. The monoisotopic (exact) mass is 421 g/mol. The molecule has 2 amide bonds. The lowest BCUT2D eigenvalue weighted by atomic mass is 10.1. The largest absolute Gasteiger partial charge is 0.497 e. The molecule has 0 saturated carbocycles. The van der Waals surface area contributed by atoms with Crippen LogP contribution in [0.1, 0.15) is 11.1 Å². The van der Waals surface area contributed by atoms with Crippen molar-refractivity contribution in [3.05, 3.63) is 58.6 Å². The Hall–Kier alpha value is -2.84. The minimum Gasteiger partial charge on any atom is -0.497 e. The van der Waals surface area contributed by atoms with Crippen LogP contribution in [0.4, 0.5) is 0 Å². The first-order valence-electron chi connectivity index (χ1n) is 8.28. The van der Waals surface area contributed by atoms with Crippen LogP contribution in [0.3, 0.4) is 0 Å². The van der Waals surface area contributed by atoms with Crippen molar-refractivity contribution in [2.75, 3.05) is 13.7 Å². The van der Waals surface area contributed by atoms with Gasteiger partial charge in [-0.15, -0.1) is 0 Å². The molecule has 0 spiro atoms. The van der Waals surface area contributed by atoms with E-state index < -0.39 is 5.91 Å². The van der Waals surface area contributed by atoms with E-state index in [0.29, 0.717) is 16.5 Å². The van der Waals surface area contributed by atoms with Gasteiger partial charge in [-0.05, 0) is 60.6 Å². The number of ether oxygens (including phenoxy) is 2. The van der Waals surface area contributed by atoms with Gasteiger partial charge in [-0.3, -0.25) is 20.4 Å². The van der Waals surface area contributed by atoms with Gasteiger partial charge in [0.1, 0.15) is 11.5 Å². The van der Waals surface area contributed by atoms with E-state index in [1.165, 1.54) is 0 Å². The molecule has 2 aromatic rings. The molecule has 148 valence electrons. The number of hydrogen-bond acceptors (Lipinski definition) is 5. The lowest BCUT2D eigenvalue weighted by molar-refractivity contribution is -0.124. The first-order valence-corrected chi connectivity index (χ1v) is 9.06. The predicted octanol–water partition coefficient (Wildman–Crippen LogP) is 2.30. The van der Waals surface area contributed by atoms with E-state index in [1.807, 2.05) is 6.92 Å². The fourth-order valence-electron chi connectivity index (χ4n) is 2.21. The number of nitrogens with one attached hydrogen (secondary N) is 3. The van der Waals surface area contributed by atoms with E-state index in [0.717, 1.165) is 11.1 Å². The second-order valence-electron chi connectivity index (χ2n) is 5.77. The highest BCUT2D eigenvalue weighted by Gasteiger charge is 2.09. The lowest BCUT2D eigenvalue weighted by Crippen LogP contribution is -2.49. The third kappa shape index (κ3) is 7.05. The van der Waals surface area contributed by atoms with E-state index in [9.17, 15) is 9.59 Å². The van der Waals surface area contributed by atoms with Crippen molar-refractivity contribution in [1.29, 1.82) is 0 Å². The third-order valence-electron chi connectivity index (χ3n) is 3.59. The maximum Gasteiger partial charge on any atom is 0.276 e. The molecule has 0 saturated heterocycles. The summed E-state index contributed by atoms with van der Waals surface area (Å²) in [7, 11) is 1.57. The molecule has 0 aliphatic heterocycles. The normalized spacial score (nSPS) is 9.96. The van der Waals surface area contributed by atoms with Gasteiger partial charge in [-0.1, -0.05) is 23.7 Å². The summed E-state index contributed by atoms with van der Waals surface area (Å²) in [5, 5.41) is 3.05. The zero-order chi connectivity index (χ0) is 20.5. The summed E-state index contributed by atoms with van der Waals surface area (Å²) in [6.45, 7) is 1.60. The Bertz CT molecular complexity index is 859. The van der Waals surface area contributed by atoms with Gasteiger partial charge in [0, 0.05) is 5.02 Å². The summed E-state index contributed by atoms with van der Waals surface area (Å²) < 4.78 is 10.5. The Kier molecular flexibility index (Phi) is 8.03. The Morgan fingerprint density at radius 1 is 1.07 bits per heavy atom. The van der Waals surface area contributed by atoms with Crippen LogP contribution in [0.15, 0.2) is 42.5 Å². The van der Waals surface area contributed by atoms with Gasteiger partial charge >= 0.3 is 0 Å². The van der Waals surface area contributed by atoms with Crippen molar-refractivity contribution in [3.63, 3.8) is 0 Å². The number of carbonyl (C=O) groups excluding carboxylic acids is 2. The molecule has 0 aromatic heterocycles. The number of methoxy groups -OCH3 is 1. The van der Waals surface area contributed by atoms with E-state index in [2.05, 4.69) is 16.2 Å². The number of thiocarbonyl (C=S) groups is 1. The second kappa shape index (κ2) is 10.5. The molecule has 0 unspecified atom stereocenters. The van der Waals surface area contributed by atoms with Gasteiger partial charge in [-0.2, -0.15) is 0 Å². The molecular formula is C19H20ClN3O4S. The van der Waals surface area contributed by atoms with Crippen LogP contribution in [0.2, 0.25) is 5.02 Å². The second-order valence-corrected chi connectivity index (χ2v) is 6.62. The standard InChI is InChI=1S/C19H20ClN3O4S/c1-12-9-14(20)5-8-16(12)27-11-18(25)22-23-19(28)21-17(24)10-13-3-6-15(26-2)7-4-13/h3-9H,10-11H2,1-2H3,(H,22,25)(H2,21,23,24,28). The summed E-state index contributed by atoms with van der Waals surface area (Å²) in [4.78, 5) is 23.8. The highest BCUT2D eigenvalue weighted by molar-refractivity contribution is 7.80. The molecule has 0 heterocycles. The van der Waals surface area contributed by atoms with Crippen LogP contribution < -0.4 is 25.6 Å². The van der Waals surface area contributed by atoms with Crippen LogP contribution in [-0.4, -0.2) is 30.6 Å². The van der Waals surface area contributed by atoms with Gasteiger partial charge in [0.25, 0.3) is 5.91 Å². The summed E-state index contributed by atoms with van der Waals surface area (Å²) in [6.07, 6.45) is 0.138. The summed E-state index contributed by atoms with van der Waals surface area (Å²) in [6, 6.07) is 12.2. The van der Waals surface area contributed by atoms with Crippen LogP contribution in [-0.2, 0) is 16.0 Å². The molecule has 9 heteroatoms. The number of rotatable bonds is 6. The van der Waals surface area contributed by atoms with Crippen molar-refractivity contribution >= 4 is 40.7 Å². The Labute approximate surface area is 173 Å². The molecule has 3 N–H and O–H groups in total. The zero-order valence-electron chi connectivity index (χ0n) is 15.4. The van der Waals surface area contributed by atoms with Crippen molar-refractivity contribution < 1.29 is 19.1 Å². The number of benzene rings is 2. The molecule has 0 radical (unpaired) electrons. The first kappa shape index (κ1) is 21.5. The average molecular weight is 422 g/mol. The SMILES string of the molecule is COc1ccc(CC(=O)NC(=S)NNC(=O)COc2ccc(Cl)cc2C)cc1.